The first-order valence-corrected chi connectivity index (χ1v) is 14.3. The third-order valence-electron chi connectivity index (χ3n) is 3.85. The number of benzene rings is 1. The topological polar surface area (TPSA) is 81.7 Å². The molecule has 0 radical (unpaired) electrons. The van der Waals surface area contributed by atoms with Gasteiger partial charge in [-0.1, -0.05) is 18.2 Å². The lowest BCUT2D eigenvalue weighted by atomic mass is 10.1. The molecule has 1 aromatic rings. The van der Waals surface area contributed by atoms with E-state index in [1.54, 1.807) is 13.0 Å². The molecular formula is C21H34IO8P. The Balaban J connectivity index is 1.76. The average Bonchev–Trinajstić information content (AvgIpc) is 2.78. The molecule has 178 valence electrons. The van der Waals surface area contributed by atoms with Gasteiger partial charge in [0.2, 0.25) is 0 Å². The summed E-state index contributed by atoms with van der Waals surface area (Å²) in [5, 5.41) is 0. The van der Waals surface area contributed by atoms with Crippen molar-refractivity contribution in [3.63, 3.8) is 0 Å². The monoisotopic (exact) mass is 572 g/mol. The number of ether oxygens (including phenoxy) is 6. The molecule has 1 atom stereocenters. The van der Waals surface area contributed by atoms with Gasteiger partial charge < -0.3 is 32.9 Å². The van der Waals surface area contributed by atoms with E-state index in [1.807, 2.05) is 18.2 Å². The SMILES string of the molecule is CC(=O)c1cccc(COCCOCCOCCOCCOCCOCCOPI)c1. The van der Waals surface area contributed by atoms with Gasteiger partial charge in [0.25, 0.3) is 0 Å². The lowest BCUT2D eigenvalue weighted by Crippen LogP contribution is -2.14. The van der Waals surface area contributed by atoms with Crippen molar-refractivity contribution in [2.24, 2.45) is 0 Å². The lowest BCUT2D eigenvalue weighted by Gasteiger charge is -2.08. The second kappa shape index (κ2) is 21.6. The number of ketones is 1. The van der Waals surface area contributed by atoms with Crippen LogP contribution in [-0.4, -0.2) is 85.1 Å². The van der Waals surface area contributed by atoms with E-state index in [4.69, 9.17) is 32.9 Å². The molecule has 0 spiro atoms. The van der Waals surface area contributed by atoms with E-state index in [0.29, 0.717) is 97.9 Å². The van der Waals surface area contributed by atoms with Gasteiger partial charge in [-0.2, -0.15) is 0 Å². The molecule has 0 fully saturated rings. The standard InChI is InChI=1S/C21H34IO8P/c1-19(23)21-4-2-3-20(17-21)18-29-14-13-27-10-9-25-6-5-24-7-8-26-11-12-28-15-16-30-31-22/h2-4,17,31H,5-16,18H2,1H3. The number of rotatable bonds is 22. The highest BCUT2D eigenvalue weighted by Crippen LogP contribution is 2.20. The minimum Gasteiger partial charge on any atom is -0.377 e. The highest BCUT2D eigenvalue weighted by molar-refractivity contribution is 14.2. The molecule has 0 aliphatic heterocycles. The van der Waals surface area contributed by atoms with Crippen LogP contribution in [0, 0.1) is 0 Å². The van der Waals surface area contributed by atoms with Gasteiger partial charge in [-0.05, 0) is 40.6 Å². The first-order valence-electron chi connectivity index (χ1n) is 10.3. The molecule has 1 aromatic carbocycles. The predicted octanol–water partition coefficient (Wildman–Crippen LogP) is 3.45. The van der Waals surface area contributed by atoms with Gasteiger partial charge in [-0.15, -0.1) is 0 Å². The number of carbonyl (C=O) groups is 1. The van der Waals surface area contributed by atoms with Crippen LogP contribution in [0.5, 0.6) is 0 Å². The third-order valence-corrected chi connectivity index (χ3v) is 5.09. The van der Waals surface area contributed by atoms with Crippen LogP contribution < -0.4 is 0 Å². The molecule has 0 aliphatic carbocycles. The van der Waals surface area contributed by atoms with Gasteiger partial charge in [0.1, 0.15) is 0 Å². The summed E-state index contributed by atoms with van der Waals surface area (Å²) in [5.74, 6) is 0.0544. The maximum Gasteiger partial charge on any atom is 0.159 e. The van der Waals surface area contributed by atoms with Crippen molar-refractivity contribution in [1.82, 2.24) is 0 Å². The minimum atomic E-state index is 0.0544. The van der Waals surface area contributed by atoms with Crippen LogP contribution in [0.25, 0.3) is 0 Å². The van der Waals surface area contributed by atoms with Gasteiger partial charge in [0.05, 0.1) is 92.3 Å². The molecule has 0 heterocycles. The Morgan fingerprint density at radius 3 is 1.65 bits per heavy atom. The molecule has 1 rings (SSSR count). The van der Waals surface area contributed by atoms with Gasteiger partial charge in [-0.25, -0.2) is 0 Å². The van der Waals surface area contributed by atoms with Crippen molar-refractivity contribution < 1.29 is 37.7 Å². The Hall–Kier alpha value is -0.230. The Labute approximate surface area is 199 Å². The second-order valence-corrected chi connectivity index (χ2v) is 8.06. The summed E-state index contributed by atoms with van der Waals surface area (Å²) in [6, 6.07) is 7.46. The van der Waals surface area contributed by atoms with Crippen LogP contribution in [-0.2, 0) is 39.6 Å². The first kappa shape index (κ1) is 28.8. The van der Waals surface area contributed by atoms with Crippen molar-refractivity contribution in [3.05, 3.63) is 35.4 Å². The zero-order valence-electron chi connectivity index (χ0n) is 18.1. The second-order valence-electron chi connectivity index (χ2n) is 6.30. The zero-order valence-corrected chi connectivity index (χ0v) is 21.3. The summed E-state index contributed by atoms with van der Waals surface area (Å²) in [6.45, 7) is 8.97. The normalized spacial score (nSPS) is 11.5. The van der Waals surface area contributed by atoms with E-state index in [0.717, 1.165) is 5.56 Å². The Kier molecular flexibility index (Phi) is 20.1. The maximum absolute atomic E-state index is 11.4. The third kappa shape index (κ3) is 17.9. The first-order chi connectivity index (χ1) is 15.2. The summed E-state index contributed by atoms with van der Waals surface area (Å²) in [6.07, 6.45) is 0. The summed E-state index contributed by atoms with van der Waals surface area (Å²) in [5.41, 5.74) is 1.68. The molecule has 0 aromatic heterocycles. The summed E-state index contributed by atoms with van der Waals surface area (Å²) in [4.78, 5) is 11.4. The fraction of sp³-hybridized carbons (Fsp3) is 0.667. The predicted molar refractivity (Wildman–Crippen MR) is 128 cm³/mol. The molecular weight excluding hydrogens is 538 g/mol. The quantitative estimate of drug-likeness (QED) is 0.0906. The van der Waals surface area contributed by atoms with Crippen LogP contribution in [0.2, 0.25) is 0 Å². The molecule has 8 nitrogen and oxygen atoms in total. The van der Waals surface area contributed by atoms with Crippen LogP contribution >= 0.6 is 28.5 Å². The van der Waals surface area contributed by atoms with Gasteiger partial charge >= 0.3 is 0 Å². The van der Waals surface area contributed by atoms with Crippen molar-refractivity contribution in [2.75, 3.05) is 79.3 Å². The molecule has 0 aliphatic rings. The highest BCUT2D eigenvalue weighted by atomic mass is 127. The Morgan fingerprint density at radius 2 is 1.19 bits per heavy atom. The fourth-order valence-corrected chi connectivity index (χ4v) is 3.13. The molecule has 0 amide bonds. The molecule has 10 heteroatoms. The number of Topliss-reactive ketones (excluding diaryl/α,β-unsaturated/α-hetero) is 1. The van der Waals surface area contributed by atoms with Gasteiger partial charge in [-0.3, -0.25) is 4.79 Å². The zero-order chi connectivity index (χ0) is 22.4. The van der Waals surface area contributed by atoms with Gasteiger partial charge in [0.15, 0.2) is 5.78 Å². The Bertz CT molecular complexity index is 564. The van der Waals surface area contributed by atoms with Crippen molar-refractivity contribution in [1.29, 1.82) is 0 Å². The van der Waals surface area contributed by atoms with E-state index in [1.165, 1.54) is 0 Å². The smallest absolute Gasteiger partial charge is 0.159 e. The molecule has 31 heavy (non-hydrogen) atoms. The Morgan fingerprint density at radius 1 is 0.742 bits per heavy atom. The molecule has 1 unspecified atom stereocenters. The average molecular weight is 572 g/mol. The number of halogens is 1. The number of carbonyl (C=O) groups excluding carboxylic acids is 1. The van der Waals surface area contributed by atoms with E-state index >= 15 is 0 Å². The van der Waals surface area contributed by atoms with Crippen molar-refractivity contribution >= 4 is 34.3 Å². The van der Waals surface area contributed by atoms with E-state index in [9.17, 15) is 4.79 Å². The van der Waals surface area contributed by atoms with Gasteiger partial charge in [0, 0.05) is 5.56 Å². The van der Waals surface area contributed by atoms with E-state index in [-0.39, 0.29) is 5.78 Å². The van der Waals surface area contributed by atoms with Crippen LogP contribution in [0.1, 0.15) is 22.8 Å². The molecule has 0 bridgehead atoms. The number of hydrogen-bond donors (Lipinski definition) is 0. The molecule has 0 saturated carbocycles. The maximum atomic E-state index is 11.4. The summed E-state index contributed by atoms with van der Waals surface area (Å²) < 4.78 is 37.8. The summed E-state index contributed by atoms with van der Waals surface area (Å²) >= 11 is 2.18. The van der Waals surface area contributed by atoms with Crippen molar-refractivity contribution in [2.45, 2.75) is 13.5 Å². The summed E-state index contributed by atoms with van der Waals surface area (Å²) in [7, 11) is 0. The van der Waals surface area contributed by atoms with E-state index in [2.05, 4.69) is 22.0 Å². The van der Waals surface area contributed by atoms with Crippen LogP contribution in [0.15, 0.2) is 24.3 Å². The lowest BCUT2D eigenvalue weighted by molar-refractivity contribution is -0.0185. The van der Waals surface area contributed by atoms with Crippen molar-refractivity contribution in [3.8, 4) is 0 Å². The van der Waals surface area contributed by atoms with E-state index < -0.39 is 0 Å². The van der Waals surface area contributed by atoms with Crippen LogP contribution in [0.3, 0.4) is 0 Å². The fourth-order valence-electron chi connectivity index (χ4n) is 2.31. The van der Waals surface area contributed by atoms with Crippen LogP contribution in [0.4, 0.5) is 0 Å². The largest absolute Gasteiger partial charge is 0.377 e. The minimum absolute atomic E-state index is 0.0544. The number of hydrogen-bond acceptors (Lipinski definition) is 8. The molecule has 0 N–H and O–H groups in total. The molecule has 0 saturated heterocycles. The highest BCUT2D eigenvalue weighted by Gasteiger charge is 2.00.